The van der Waals surface area contributed by atoms with Crippen molar-refractivity contribution in [1.82, 2.24) is 0 Å². The molecule has 1 saturated heterocycles. The van der Waals surface area contributed by atoms with Gasteiger partial charge in [-0.3, -0.25) is 4.21 Å². The van der Waals surface area contributed by atoms with Crippen LogP contribution in [0.25, 0.3) is 0 Å². The zero-order chi connectivity index (χ0) is 13.8. The molecule has 104 valence electrons. The van der Waals surface area contributed by atoms with Gasteiger partial charge in [-0.05, 0) is 37.0 Å². The van der Waals surface area contributed by atoms with Crippen molar-refractivity contribution in [2.24, 2.45) is 5.92 Å². The van der Waals surface area contributed by atoms with Gasteiger partial charge in [-0.2, -0.15) is 0 Å². The molecule has 1 aliphatic rings. The average molecular weight is 347 g/mol. The first-order valence-corrected chi connectivity index (χ1v) is 8.18. The number of hydrogen-bond donors (Lipinski definition) is 1. The van der Waals surface area contributed by atoms with Crippen molar-refractivity contribution < 1.29 is 18.8 Å². The van der Waals surface area contributed by atoms with Gasteiger partial charge in [-0.1, -0.05) is 15.9 Å². The van der Waals surface area contributed by atoms with E-state index >= 15 is 0 Å². The van der Waals surface area contributed by atoms with E-state index in [-0.39, 0.29) is 5.56 Å². The van der Waals surface area contributed by atoms with Crippen LogP contribution >= 0.6 is 15.9 Å². The van der Waals surface area contributed by atoms with Gasteiger partial charge in [0, 0.05) is 23.4 Å². The van der Waals surface area contributed by atoms with Crippen LogP contribution in [-0.2, 0) is 15.5 Å². The van der Waals surface area contributed by atoms with Crippen LogP contribution in [0.5, 0.6) is 0 Å². The third-order valence-corrected chi connectivity index (χ3v) is 5.24. The summed E-state index contributed by atoms with van der Waals surface area (Å²) in [6, 6.07) is 4.78. The van der Waals surface area contributed by atoms with Gasteiger partial charge in [0.1, 0.15) is 0 Å². The lowest BCUT2D eigenvalue weighted by Crippen LogP contribution is -2.21. The smallest absolute Gasteiger partial charge is 0.336 e. The standard InChI is InChI=1S/C13H15BrO4S/c14-10-1-2-11(13(15)16)12(7-10)19(17)8-9-3-5-18-6-4-9/h1-2,7,9H,3-6,8H2,(H,15,16). The molecular weight excluding hydrogens is 332 g/mol. The third kappa shape index (κ3) is 3.87. The molecule has 0 aliphatic carbocycles. The van der Waals surface area contributed by atoms with E-state index in [4.69, 9.17) is 9.84 Å². The molecule has 1 unspecified atom stereocenters. The number of benzene rings is 1. The Morgan fingerprint density at radius 1 is 1.42 bits per heavy atom. The second-order valence-electron chi connectivity index (χ2n) is 4.51. The quantitative estimate of drug-likeness (QED) is 0.910. The average Bonchev–Trinajstić information content (AvgIpc) is 2.39. The summed E-state index contributed by atoms with van der Waals surface area (Å²) in [5, 5.41) is 9.14. The van der Waals surface area contributed by atoms with Gasteiger partial charge >= 0.3 is 5.97 Å². The second kappa shape index (κ2) is 6.63. The minimum absolute atomic E-state index is 0.119. The normalized spacial score (nSPS) is 18.2. The first-order valence-electron chi connectivity index (χ1n) is 6.07. The molecule has 1 heterocycles. The Balaban J connectivity index is 2.17. The van der Waals surface area contributed by atoms with E-state index in [9.17, 15) is 9.00 Å². The van der Waals surface area contributed by atoms with Gasteiger partial charge < -0.3 is 9.84 Å². The van der Waals surface area contributed by atoms with Gasteiger partial charge in [-0.25, -0.2) is 4.79 Å². The number of rotatable bonds is 4. The molecule has 0 aromatic heterocycles. The fraction of sp³-hybridized carbons (Fsp3) is 0.462. The minimum Gasteiger partial charge on any atom is -0.478 e. The number of halogens is 1. The first-order chi connectivity index (χ1) is 9.08. The number of ether oxygens (including phenoxy) is 1. The minimum atomic E-state index is -1.29. The van der Waals surface area contributed by atoms with Gasteiger partial charge in [-0.15, -0.1) is 0 Å². The Morgan fingerprint density at radius 2 is 2.11 bits per heavy atom. The molecule has 1 aliphatic heterocycles. The summed E-state index contributed by atoms with van der Waals surface area (Å²) in [6.45, 7) is 1.40. The Bertz CT molecular complexity index is 497. The fourth-order valence-corrected chi connectivity index (χ4v) is 4.19. The van der Waals surface area contributed by atoms with Crippen LogP contribution in [0.4, 0.5) is 0 Å². The van der Waals surface area contributed by atoms with Crippen LogP contribution in [0.15, 0.2) is 27.6 Å². The predicted molar refractivity (Wildman–Crippen MR) is 75.9 cm³/mol. The van der Waals surface area contributed by atoms with Gasteiger partial charge in [0.25, 0.3) is 0 Å². The van der Waals surface area contributed by atoms with Crippen LogP contribution < -0.4 is 0 Å². The van der Waals surface area contributed by atoms with Crippen molar-refractivity contribution in [2.75, 3.05) is 19.0 Å². The van der Waals surface area contributed by atoms with Crippen molar-refractivity contribution in [2.45, 2.75) is 17.7 Å². The van der Waals surface area contributed by atoms with Gasteiger partial charge in [0.15, 0.2) is 0 Å². The Morgan fingerprint density at radius 3 is 2.74 bits per heavy atom. The lowest BCUT2D eigenvalue weighted by Gasteiger charge is -2.21. The summed E-state index contributed by atoms with van der Waals surface area (Å²) in [7, 11) is -1.29. The summed E-state index contributed by atoms with van der Waals surface area (Å²) in [5.41, 5.74) is 0.119. The maximum Gasteiger partial charge on any atom is 0.336 e. The van der Waals surface area contributed by atoms with E-state index < -0.39 is 16.8 Å². The van der Waals surface area contributed by atoms with Crippen molar-refractivity contribution in [3.05, 3.63) is 28.2 Å². The molecule has 4 nitrogen and oxygen atoms in total. The highest BCUT2D eigenvalue weighted by Crippen LogP contribution is 2.24. The number of aromatic carboxylic acids is 1. The molecule has 1 atom stereocenters. The molecule has 0 radical (unpaired) electrons. The summed E-state index contributed by atoms with van der Waals surface area (Å²) in [4.78, 5) is 11.6. The molecular formula is C13H15BrO4S. The molecule has 1 N–H and O–H groups in total. The highest BCUT2D eigenvalue weighted by Gasteiger charge is 2.21. The second-order valence-corrected chi connectivity index (χ2v) is 6.89. The van der Waals surface area contributed by atoms with E-state index in [1.807, 2.05) is 0 Å². The monoisotopic (exact) mass is 346 g/mol. The van der Waals surface area contributed by atoms with Crippen LogP contribution in [0.2, 0.25) is 0 Å². The zero-order valence-electron chi connectivity index (χ0n) is 10.3. The highest BCUT2D eigenvalue weighted by molar-refractivity contribution is 9.10. The SMILES string of the molecule is O=C(O)c1ccc(Br)cc1S(=O)CC1CCOCC1. The predicted octanol–water partition coefficient (Wildman–Crippen LogP) is 2.68. The van der Waals surface area contributed by atoms with Crippen molar-refractivity contribution in [1.29, 1.82) is 0 Å². The third-order valence-electron chi connectivity index (χ3n) is 3.15. The van der Waals surface area contributed by atoms with E-state index in [2.05, 4.69) is 15.9 Å². The first kappa shape index (κ1) is 14.7. The lowest BCUT2D eigenvalue weighted by atomic mass is 10.0. The Hall–Kier alpha value is -0.720. The Kier molecular flexibility index (Phi) is 5.13. The number of hydrogen-bond acceptors (Lipinski definition) is 3. The summed E-state index contributed by atoms with van der Waals surface area (Å²) < 4.78 is 18.4. The van der Waals surface area contributed by atoms with Crippen LogP contribution in [0.1, 0.15) is 23.2 Å². The highest BCUT2D eigenvalue weighted by atomic mass is 79.9. The molecule has 1 aromatic carbocycles. The molecule has 19 heavy (non-hydrogen) atoms. The number of carbonyl (C=O) groups is 1. The van der Waals surface area contributed by atoms with Crippen molar-refractivity contribution >= 4 is 32.7 Å². The van der Waals surface area contributed by atoms with Gasteiger partial charge in [0.05, 0.1) is 21.3 Å². The molecule has 1 aromatic rings. The molecule has 0 amide bonds. The fourth-order valence-electron chi connectivity index (χ4n) is 2.08. The molecule has 1 fully saturated rings. The van der Waals surface area contributed by atoms with E-state index in [0.29, 0.717) is 29.8 Å². The summed E-state index contributed by atoms with van der Waals surface area (Å²) in [6.07, 6.45) is 1.78. The number of carboxylic acid groups (broad SMARTS) is 1. The molecule has 6 heteroatoms. The number of carboxylic acids is 1. The van der Waals surface area contributed by atoms with Gasteiger partial charge in [0.2, 0.25) is 0 Å². The van der Waals surface area contributed by atoms with Crippen molar-refractivity contribution in [3.63, 3.8) is 0 Å². The van der Waals surface area contributed by atoms with E-state index in [1.54, 1.807) is 12.1 Å². The van der Waals surface area contributed by atoms with E-state index in [0.717, 1.165) is 17.3 Å². The summed E-state index contributed by atoms with van der Waals surface area (Å²) >= 11 is 3.29. The van der Waals surface area contributed by atoms with Crippen LogP contribution in [0, 0.1) is 5.92 Å². The Labute approximate surface area is 122 Å². The molecule has 0 saturated carbocycles. The summed E-state index contributed by atoms with van der Waals surface area (Å²) in [5.74, 6) is -0.196. The van der Waals surface area contributed by atoms with Crippen molar-refractivity contribution in [3.8, 4) is 0 Å². The lowest BCUT2D eigenvalue weighted by molar-refractivity contribution is 0.0691. The topological polar surface area (TPSA) is 63.6 Å². The van der Waals surface area contributed by atoms with E-state index in [1.165, 1.54) is 6.07 Å². The van der Waals surface area contributed by atoms with Crippen LogP contribution in [0.3, 0.4) is 0 Å². The maximum atomic E-state index is 12.4. The largest absolute Gasteiger partial charge is 0.478 e. The van der Waals surface area contributed by atoms with Crippen LogP contribution in [-0.4, -0.2) is 34.3 Å². The zero-order valence-corrected chi connectivity index (χ0v) is 12.7. The maximum absolute atomic E-state index is 12.4. The molecule has 0 bridgehead atoms. The molecule has 2 rings (SSSR count). The molecule has 0 spiro atoms.